The van der Waals surface area contributed by atoms with Gasteiger partial charge in [-0.1, -0.05) is 35.5 Å². The fourth-order valence-electron chi connectivity index (χ4n) is 2.47. The lowest BCUT2D eigenvalue weighted by Gasteiger charge is -2.14. The SMILES string of the molecule is CN=C(NCCCOC(C)c1ccccc1)NCCCc1nc(C)no1. The fourth-order valence-corrected chi connectivity index (χ4v) is 2.47. The molecule has 7 nitrogen and oxygen atoms in total. The first-order valence-electron chi connectivity index (χ1n) is 9.09. The molecule has 2 rings (SSSR count). The van der Waals surface area contributed by atoms with E-state index in [9.17, 15) is 0 Å². The standard InChI is InChI=1S/C19H29N5O2/c1-15(17-9-5-4-6-10-17)25-14-8-13-22-19(20-3)21-12-7-11-18-23-16(2)24-26-18/h4-6,9-10,15H,7-8,11-14H2,1-3H3,(H2,20,21,22). The Morgan fingerprint density at radius 2 is 1.92 bits per heavy atom. The number of rotatable bonds is 10. The number of nitrogens with zero attached hydrogens (tertiary/aromatic N) is 3. The van der Waals surface area contributed by atoms with Gasteiger partial charge >= 0.3 is 0 Å². The molecule has 142 valence electrons. The van der Waals surface area contributed by atoms with Gasteiger partial charge in [0.25, 0.3) is 0 Å². The Hall–Kier alpha value is -2.41. The summed E-state index contributed by atoms with van der Waals surface area (Å²) in [4.78, 5) is 8.41. The van der Waals surface area contributed by atoms with Gasteiger partial charge in [0.2, 0.25) is 5.89 Å². The van der Waals surface area contributed by atoms with Crippen LogP contribution < -0.4 is 10.6 Å². The molecule has 2 N–H and O–H groups in total. The number of aliphatic imine (C=N–C) groups is 1. The number of ether oxygens (including phenoxy) is 1. The molecule has 1 unspecified atom stereocenters. The molecule has 0 aliphatic carbocycles. The maximum absolute atomic E-state index is 5.87. The van der Waals surface area contributed by atoms with Crippen LogP contribution in [-0.2, 0) is 11.2 Å². The number of aryl methyl sites for hydroxylation is 2. The Kier molecular flexibility index (Phi) is 8.62. The molecule has 0 aliphatic rings. The summed E-state index contributed by atoms with van der Waals surface area (Å²) in [6.45, 7) is 6.21. The van der Waals surface area contributed by atoms with E-state index in [0.29, 0.717) is 18.3 Å². The minimum Gasteiger partial charge on any atom is -0.374 e. The first kappa shape index (κ1) is 19.9. The Bertz CT molecular complexity index is 657. The van der Waals surface area contributed by atoms with Gasteiger partial charge in [0, 0.05) is 33.2 Å². The van der Waals surface area contributed by atoms with Crippen LogP contribution in [0.3, 0.4) is 0 Å². The van der Waals surface area contributed by atoms with Gasteiger partial charge in [0.05, 0.1) is 6.10 Å². The summed E-state index contributed by atoms with van der Waals surface area (Å²) >= 11 is 0. The van der Waals surface area contributed by atoms with Crippen molar-refractivity contribution >= 4 is 5.96 Å². The van der Waals surface area contributed by atoms with Crippen LogP contribution in [0, 0.1) is 6.92 Å². The molecule has 0 fully saturated rings. The summed E-state index contributed by atoms with van der Waals surface area (Å²) in [5.74, 6) is 2.15. The van der Waals surface area contributed by atoms with Crippen LogP contribution in [0.5, 0.6) is 0 Å². The van der Waals surface area contributed by atoms with Gasteiger partial charge in [0.1, 0.15) is 0 Å². The van der Waals surface area contributed by atoms with Gasteiger partial charge in [-0.3, -0.25) is 4.99 Å². The lowest BCUT2D eigenvalue weighted by Crippen LogP contribution is -2.38. The van der Waals surface area contributed by atoms with Crippen LogP contribution in [0.4, 0.5) is 0 Å². The van der Waals surface area contributed by atoms with Crippen molar-refractivity contribution in [3.63, 3.8) is 0 Å². The minimum atomic E-state index is 0.113. The van der Waals surface area contributed by atoms with Crippen molar-refractivity contribution in [2.45, 2.75) is 39.2 Å². The van der Waals surface area contributed by atoms with Crippen molar-refractivity contribution in [3.8, 4) is 0 Å². The largest absolute Gasteiger partial charge is 0.374 e. The molecular weight excluding hydrogens is 330 g/mol. The summed E-state index contributed by atoms with van der Waals surface area (Å²) in [5, 5.41) is 10.4. The van der Waals surface area contributed by atoms with Crippen LogP contribution in [0.25, 0.3) is 0 Å². The van der Waals surface area contributed by atoms with Crippen molar-refractivity contribution in [1.29, 1.82) is 0 Å². The highest BCUT2D eigenvalue weighted by molar-refractivity contribution is 5.79. The number of nitrogens with one attached hydrogen (secondary N) is 2. The molecule has 1 atom stereocenters. The zero-order valence-corrected chi connectivity index (χ0v) is 15.9. The average Bonchev–Trinajstić information content (AvgIpc) is 3.08. The van der Waals surface area contributed by atoms with E-state index in [1.165, 1.54) is 5.56 Å². The van der Waals surface area contributed by atoms with Gasteiger partial charge in [-0.2, -0.15) is 4.98 Å². The second-order valence-corrected chi connectivity index (χ2v) is 6.04. The molecule has 0 bridgehead atoms. The molecule has 0 spiro atoms. The summed E-state index contributed by atoms with van der Waals surface area (Å²) in [6, 6.07) is 10.3. The number of guanidine groups is 1. The predicted octanol–water partition coefficient (Wildman–Crippen LogP) is 2.64. The topological polar surface area (TPSA) is 84.6 Å². The first-order chi connectivity index (χ1) is 12.7. The van der Waals surface area contributed by atoms with E-state index in [1.54, 1.807) is 7.05 Å². The van der Waals surface area contributed by atoms with Gasteiger partial charge in [-0.15, -0.1) is 0 Å². The molecule has 0 radical (unpaired) electrons. The molecule has 7 heteroatoms. The highest BCUT2D eigenvalue weighted by Crippen LogP contribution is 2.15. The third kappa shape index (κ3) is 7.23. The predicted molar refractivity (Wildman–Crippen MR) is 102 cm³/mol. The van der Waals surface area contributed by atoms with Gasteiger partial charge < -0.3 is 19.9 Å². The van der Waals surface area contributed by atoms with Crippen LogP contribution in [-0.4, -0.2) is 42.8 Å². The van der Waals surface area contributed by atoms with Crippen LogP contribution >= 0.6 is 0 Å². The van der Waals surface area contributed by atoms with Crippen LogP contribution in [0.2, 0.25) is 0 Å². The summed E-state index contributed by atoms with van der Waals surface area (Å²) < 4.78 is 11.0. The maximum atomic E-state index is 5.87. The van der Waals surface area contributed by atoms with Crippen molar-refractivity contribution in [2.75, 3.05) is 26.7 Å². The molecular formula is C19H29N5O2. The number of hydrogen-bond acceptors (Lipinski definition) is 5. The van der Waals surface area contributed by atoms with Gasteiger partial charge in [-0.25, -0.2) is 0 Å². The third-order valence-corrected chi connectivity index (χ3v) is 3.90. The summed E-state index contributed by atoms with van der Waals surface area (Å²) in [6.07, 6.45) is 2.69. The highest BCUT2D eigenvalue weighted by atomic mass is 16.5. The number of aromatic nitrogens is 2. The van der Waals surface area contributed by atoms with Gasteiger partial charge in [0.15, 0.2) is 11.8 Å². The first-order valence-corrected chi connectivity index (χ1v) is 9.09. The second kappa shape index (κ2) is 11.3. The third-order valence-electron chi connectivity index (χ3n) is 3.90. The molecule has 0 amide bonds. The molecule has 26 heavy (non-hydrogen) atoms. The fraction of sp³-hybridized carbons (Fsp3) is 0.526. The molecule has 0 saturated carbocycles. The van der Waals surface area contributed by atoms with Gasteiger partial charge in [-0.05, 0) is 32.3 Å². The normalized spacial score (nSPS) is 12.8. The molecule has 1 heterocycles. The van der Waals surface area contributed by atoms with Crippen molar-refractivity contribution in [2.24, 2.45) is 4.99 Å². The van der Waals surface area contributed by atoms with Crippen molar-refractivity contribution < 1.29 is 9.26 Å². The highest BCUT2D eigenvalue weighted by Gasteiger charge is 2.05. The average molecular weight is 359 g/mol. The number of benzene rings is 1. The van der Waals surface area contributed by atoms with E-state index in [2.05, 4.69) is 44.8 Å². The van der Waals surface area contributed by atoms with Crippen LogP contribution in [0.15, 0.2) is 39.8 Å². The molecule has 2 aromatic rings. The van der Waals surface area contributed by atoms with E-state index < -0.39 is 0 Å². The summed E-state index contributed by atoms with van der Waals surface area (Å²) in [5.41, 5.74) is 1.20. The molecule has 1 aromatic carbocycles. The molecule has 0 aliphatic heterocycles. The van der Waals surface area contributed by atoms with E-state index >= 15 is 0 Å². The Balaban J connectivity index is 1.53. The molecule has 0 saturated heterocycles. The molecule has 1 aromatic heterocycles. The smallest absolute Gasteiger partial charge is 0.226 e. The lowest BCUT2D eigenvalue weighted by molar-refractivity contribution is 0.0646. The Morgan fingerprint density at radius 3 is 2.58 bits per heavy atom. The second-order valence-electron chi connectivity index (χ2n) is 6.04. The van der Waals surface area contributed by atoms with Crippen molar-refractivity contribution in [3.05, 3.63) is 47.6 Å². The monoisotopic (exact) mass is 359 g/mol. The number of hydrogen-bond donors (Lipinski definition) is 2. The zero-order valence-electron chi connectivity index (χ0n) is 15.9. The zero-order chi connectivity index (χ0) is 18.6. The lowest BCUT2D eigenvalue weighted by atomic mass is 10.1. The van der Waals surface area contributed by atoms with E-state index in [0.717, 1.165) is 38.3 Å². The van der Waals surface area contributed by atoms with E-state index in [4.69, 9.17) is 9.26 Å². The van der Waals surface area contributed by atoms with E-state index in [1.807, 2.05) is 25.1 Å². The Labute approximate surface area is 155 Å². The summed E-state index contributed by atoms with van der Waals surface area (Å²) in [7, 11) is 1.77. The van der Waals surface area contributed by atoms with Crippen molar-refractivity contribution in [1.82, 2.24) is 20.8 Å². The Morgan fingerprint density at radius 1 is 1.19 bits per heavy atom. The quantitative estimate of drug-likeness (QED) is 0.385. The maximum Gasteiger partial charge on any atom is 0.226 e. The van der Waals surface area contributed by atoms with Crippen LogP contribution in [0.1, 0.15) is 43.1 Å². The van der Waals surface area contributed by atoms with E-state index in [-0.39, 0.29) is 6.10 Å². The minimum absolute atomic E-state index is 0.113.